The highest BCUT2D eigenvalue weighted by atomic mass is 16.3. The fraction of sp³-hybridized carbons (Fsp3) is 0.375. The van der Waals surface area contributed by atoms with Gasteiger partial charge >= 0.3 is 0 Å². The van der Waals surface area contributed by atoms with Crippen molar-refractivity contribution >= 4 is 5.91 Å². The third kappa shape index (κ3) is 2.30. The Bertz CT molecular complexity index is 313. The van der Waals surface area contributed by atoms with Crippen molar-refractivity contribution in [3.8, 4) is 6.07 Å². The molecule has 1 aromatic heterocycles. The van der Waals surface area contributed by atoms with Gasteiger partial charge in [-0.25, -0.2) is 4.98 Å². The highest BCUT2D eigenvalue weighted by Crippen LogP contribution is 1.97. The van der Waals surface area contributed by atoms with Crippen molar-refractivity contribution in [2.45, 2.75) is 19.4 Å². The van der Waals surface area contributed by atoms with Crippen LogP contribution in [0.4, 0.5) is 0 Å². The smallest absolute Gasteiger partial charge is 0.289 e. The van der Waals surface area contributed by atoms with Crippen LogP contribution in [0.2, 0.25) is 0 Å². The molecule has 0 aliphatic carbocycles. The first kappa shape index (κ1) is 9.26. The second kappa shape index (κ2) is 4.26. The molecular formula is C8H9N3O2. The molecule has 0 saturated heterocycles. The molecule has 1 amide bonds. The van der Waals surface area contributed by atoms with Gasteiger partial charge in [0.25, 0.3) is 5.91 Å². The predicted octanol–water partition coefficient (Wildman–Crippen LogP) is 0.707. The van der Waals surface area contributed by atoms with Crippen molar-refractivity contribution in [2.24, 2.45) is 0 Å². The fourth-order valence-electron chi connectivity index (χ4n) is 0.783. The minimum Gasteiger partial charge on any atom is -0.438 e. The molecule has 0 radical (unpaired) electrons. The number of aromatic nitrogens is 1. The van der Waals surface area contributed by atoms with Gasteiger partial charge in [-0.15, -0.1) is 0 Å². The molecule has 1 atom stereocenters. The molecular weight excluding hydrogens is 170 g/mol. The van der Waals surface area contributed by atoms with Gasteiger partial charge in [0.1, 0.15) is 6.04 Å². The minimum atomic E-state index is -0.474. The van der Waals surface area contributed by atoms with E-state index in [0.717, 1.165) is 0 Å². The third-order valence-electron chi connectivity index (χ3n) is 1.53. The topological polar surface area (TPSA) is 78.9 Å². The second-order valence-electron chi connectivity index (χ2n) is 2.43. The second-order valence-corrected chi connectivity index (χ2v) is 2.43. The molecule has 1 heterocycles. The summed E-state index contributed by atoms with van der Waals surface area (Å²) in [4.78, 5) is 14.8. The van der Waals surface area contributed by atoms with Gasteiger partial charge in [0.05, 0.1) is 12.3 Å². The molecule has 68 valence electrons. The largest absolute Gasteiger partial charge is 0.438 e. The number of carbonyl (C=O) groups is 1. The van der Waals surface area contributed by atoms with Crippen molar-refractivity contribution in [3.05, 3.63) is 18.4 Å². The van der Waals surface area contributed by atoms with E-state index in [0.29, 0.717) is 6.42 Å². The van der Waals surface area contributed by atoms with Crippen molar-refractivity contribution in [2.75, 3.05) is 0 Å². The van der Waals surface area contributed by atoms with E-state index >= 15 is 0 Å². The van der Waals surface area contributed by atoms with Crippen LogP contribution in [0.3, 0.4) is 0 Å². The lowest BCUT2D eigenvalue weighted by atomic mass is 10.2. The number of nitrogens with one attached hydrogen (secondary N) is 1. The molecule has 5 heteroatoms. The first-order chi connectivity index (χ1) is 6.27. The zero-order valence-corrected chi connectivity index (χ0v) is 7.15. The average molecular weight is 179 g/mol. The Labute approximate surface area is 75.4 Å². The van der Waals surface area contributed by atoms with Crippen LogP contribution in [0, 0.1) is 11.3 Å². The van der Waals surface area contributed by atoms with E-state index in [9.17, 15) is 4.79 Å². The Morgan fingerprint density at radius 2 is 2.69 bits per heavy atom. The number of rotatable bonds is 3. The first-order valence-corrected chi connectivity index (χ1v) is 3.87. The van der Waals surface area contributed by atoms with Crippen LogP contribution in [-0.2, 0) is 0 Å². The quantitative estimate of drug-likeness (QED) is 0.740. The van der Waals surface area contributed by atoms with Gasteiger partial charge in [0.2, 0.25) is 5.76 Å². The number of carbonyl (C=O) groups excluding carboxylic acids is 1. The van der Waals surface area contributed by atoms with E-state index < -0.39 is 11.9 Å². The molecule has 1 aromatic rings. The summed E-state index contributed by atoms with van der Waals surface area (Å²) in [6.07, 6.45) is 3.04. The van der Waals surface area contributed by atoms with E-state index in [1.54, 1.807) is 0 Å². The number of nitriles is 1. The maximum atomic E-state index is 11.2. The lowest BCUT2D eigenvalue weighted by Crippen LogP contribution is -2.32. The number of amides is 1. The summed E-state index contributed by atoms with van der Waals surface area (Å²) in [6, 6.07) is 1.48. The molecule has 5 nitrogen and oxygen atoms in total. The molecule has 1 unspecified atom stereocenters. The molecule has 0 bridgehead atoms. The van der Waals surface area contributed by atoms with Gasteiger partial charge in [0.15, 0.2) is 6.39 Å². The Balaban J connectivity index is 2.57. The van der Waals surface area contributed by atoms with E-state index in [1.807, 2.05) is 13.0 Å². The van der Waals surface area contributed by atoms with Gasteiger partial charge in [-0.05, 0) is 6.42 Å². The lowest BCUT2D eigenvalue weighted by molar-refractivity contribution is 0.0917. The van der Waals surface area contributed by atoms with E-state index in [4.69, 9.17) is 9.68 Å². The number of nitrogens with zero attached hydrogens (tertiary/aromatic N) is 2. The number of hydrogen-bond donors (Lipinski definition) is 1. The van der Waals surface area contributed by atoms with Gasteiger partial charge in [0, 0.05) is 0 Å². The maximum Gasteiger partial charge on any atom is 0.289 e. The molecule has 1 rings (SSSR count). The average Bonchev–Trinajstić information content (AvgIpc) is 2.66. The number of hydrogen-bond acceptors (Lipinski definition) is 4. The number of oxazole rings is 1. The fourth-order valence-corrected chi connectivity index (χ4v) is 0.783. The Kier molecular flexibility index (Phi) is 3.03. The molecule has 0 fully saturated rings. The van der Waals surface area contributed by atoms with E-state index in [1.165, 1.54) is 12.6 Å². The predicted molar refractivity (Wildman–Crippen MR) is 43.7 cm³/mol. The van der Waals surface area contributed by atoms with Gasteiger partial charge in [-0.2, -0.15) is 5.26 Å². The third-order valence-corrected chi connectivity index (χ3v) is 1.53. The van der Waals surface area contributed by atoms with Crippen molar-refractivity contribution in [3.63, 3.8) is 0 Å². The molecule has 0 aromatic carbocycles. The van der Waals surface area contributed by atoms with Gasteiger partial charge in [-0.3, -0.25) is 4.79 Å². The molecule has 0 spiro atoms. The summed E-state index contributed by atoms with van der Waals surface area (Å²) in [5.41, 5.74) is 0. The summed E-state index contributed by atoms with van der Waals surface area (Å²) in [7, 11) is 0. The standard InChI is InChI=1S/C8H9N3O2/c1-2-6(3-9)11-8(12)7-4-10-5-13-7/h4-6H,2H2,1H3,(H,11,12). The minimum absolute atomic E-state index is 0.119. The summed E-state index contributed by atoms with van der Waals surface area (Å²) in [5.74, 6) is -0.292. The van der Waals surface area contributed by atoms with Crippen LogP contribution in [0.1, 0.15) is 23.9 Å². The van der Waals surface area contributed by atoms with Crippen LogP contribution in [-0.4, -0.2) is 16.9 Å². The SMILES string of the molecule is CCC(C#N)NC(=O)c1cnco1. The van der Waals surface area contributed by atoms with Crippen molar-refractivity contribution in [1.82, 2.24) is 10.3 Å². The summed E-state index contributed by atoms with van der Waals surface area (Å²) < 4.78 is 4.75. The molecule has 0 aliphatic heterocycles. The first-order valence-electron chi connectivity index (χ1n) is 3.87. The maximum absolute atomic E-state index is 11.2. The summed E-state index contributed by atoms with van der Waals surface area (Å²) >= 11 is 0. The van der Waals surface area contributed by atoms with E-state index in [-0.39, 0.29) is 5.76 Å². The van der Waals surface area contributed by atoms with Crippen LogP contribution in [0.15, 0.2) is 17.0 Å². The zero-order chi connectivity index (χ0) is 9.68. The highest BCUT2D eigenvalue weighted by Gasteiger charge is 2.13. The van der Waals surface area contributed by atoms with Crippen molar-refractivity contribution < 1.29 is 9.21 Å². The van der Waals surface area contributed by atoms with Crippen LogP contribution in [0.25, 0.3) is 0 Å². The van der Waals surface area contributed by atoms with Crippen LogP contribution in [0.5, 0.6) is 0 Å². The highest BCUT2D eigenvalue weighted by molar-refractivity contribution is 5.91. The monoisotopic (exact) mass is 179 g/mol. The summed E-state index contributed by atoms with van der Waals surface area (Å²) in [6.45, 7) is 1.81. The van der Waals surface area contributed by atoms with Gasteiger partial charge < -0.3 is 9.73 Å². The Morgan fingerprint density at radius 3 is 3.15 bits per heavy atom. The Hall–Kier alpha value is -1.83. The molecule has 0 saturated carbocycles. The van der Waals surface area contributed by atoms with E-state index in [2.05, 4.69) is 10.3 Å². The molecule has 1 N–H and O–H groups in total. The Morgan fingerprint density at radius 1 is 1.92 bits per heavy atom. The summed E-state index contributed by atoms with van der Waals surface area (Å²) in [5, 5.41) is 11.0. The van der Waals surface area contributed by atoms with Crippen LogP contribution >= 0.6 is 0 Å². The van der Waals surface area contributed by atoms with Crippen LogP contribution < -0.4 is 5.32 Å². The van der Waals surface area contributed by atoms with Gasteiger partial charge in [-0.1, -0.05) is 6.92 Å². The normalized spacial score (nSPS) is 11.7. The lowest BCUT2D eigenvalue weighted by Gasteiger charge is -2.05. The zero-order valence-electron chi connectivity index (χ0n) is 7.15. The van der Waals surface area contributed by atoms with Crippen molar-refractivity contribution in [1.29, 1.82) is 5.26 Å². The molecule has 0 aliphatic rings. The molecule has 13 heavy (non-hydrogen) atoms.